The van der Waals surface area contributed by atoms with Crippen LogP contribution in [-0.4, -0.2) is 32.9 Å². The van der Waals surface area contributed by atoms with Gasteiger partial charge < -0.3 is 4.74 Å². The molecule has 0 saturated carbocycles. The highest BCUT2D eigenvalue weighted by atomic mass is 32.2. The average Bonchev–Trinajstić information content (AvgIpc) is 2.56. The van der Waals surface area contributed by atoms with Gasteiger partial charge in [0.25, 0.3) is 0 Å². The van der Waals surface area contributed by atoms with Gasteiger partial charge >= 0.3 is 0 Å². The highest BCUT2D eigenvalue weighted by molar-refractivity contribution is 7.89. The van der Waals surface area contributed by atoms with Crippen LogP contribution >= 0.6 is 0 Å². The molecule has 2 rings (SSSR count). The maximum atomic E-state index is 13.4. The van der Waals surface area contributed by atoms with E-state index in [-0.39, 0.29) is 29.4 Å². The highest BCUT2D eigenvalue weighted by Gasteiger charge is 2.21. The van der Waals surface area contributed by atoms with Gasteiger partial charge in [-0.05, 0) is 30.3 Å². The van der Waals surface area contributed by atoms with Gasteiger partial charge in [-0.2, -0.15) is 9.57 Å². The van der Waals surface area contributed by atoms with Crippen molar-refractivity contribution >= 4 is 10.0 Å². The van der Waals surface area contributed by atoms with Crippen molar-refractivity contribution in [2.45, 2.75) is 4.90 Å². The Balaban J connectivity index is 2.03. The van der Waals surface area contributed by atoms with Crippen molar-refractivity contribution < 1.29 is 17.5 Å². The van der Waals surface area contributed by atoms with Gasteiger partial charge in [0.1, 0.15) is 6.61 Å². The number of nitrogens with zero attached hydrogens (tertiary/aromatic N) is 2. The lowest BCUT2D eigenvalue weighted by atomic mass is 10.2. The minimum absolute atomic E-state index is 0.00854. The first-order valence-corrected chi connectivity index (χ1v) is 8.23. The molecule has 0 saturated heterocycles. The second-order valence-electron chi connectivity index (χ2n) is 4.75. The van der Waals surface area contributed by atoms with Crippen molar-refractivity contribution in [3.05, 3.63) is 59.9 Å². The standard InChI is InChI=1S/C16H15FN2O3S/c1-19(9-10-22-16-8-3-2-7-15(16)17)23(20,21)14-6-4-5-13(11-14)12-18/h2-8,11H,9-10H2,1H3. The van der Waals surface area contributed by atoms with Crippen LogP contribution in [0.1, 0.15) is 5.56 Å². The first-order chi connectivity index (χ1) is 10.9. The maximum Gasteiger partial charge on any atom is 0.242 e. The summed E-state index contributed by atoms with van der Waals surface area (Å²) in [6.07, 6.45) is 0. The summed E-state index contributed by atoms with van der Waals surface area (Å²) >= 11 is 0. The zero-order valence-electron chi connectivity index (χ0n) is 12.4. The Labute approximate surface area is 134 Å². The molecule has 5 nitrogen and oxygen atoms in total. The molecular formula is C16H15FN2O3S. The molecule has 0 unspecified atom stereocenters. The predicted octanol–water partition coefficient (Wildman–Crippen LogP) is 2.40. The van der Waals surface area contributed by atoms with Crippen molar-refractivity contribution in [3.8, 4) is 11.8 Å². The zero-order chi connectivity index (χ0) is 16.9. The Hall–Kier alpha value is -2.43. The molecule has 0 aliphatic heterocycles. The van der Waals surface area contributed by atoms with E-state index in [0.717, 1.165) is 4.31 Å². The summed E-state index contributed by atoms with van der Waals surface area (Å²) in [5.74, 6) is -0.426. The molecule has 0 heterocycles. The minimum atomic E-state index is -3.73. The number of sulfonamides is 1. The lowest BCUT2D eigenvalue weighted by Crippen LogP contribution is -2.31. The lowest BCUT2D eigenvalue weighted by molar-refractivity contribution is 0.275. The quantitative estimate of drug-likeness (QED) is 0.813. The molecule has 7 heteroatoms. The Bertz CT molecular complexity index is 831. The van der Waals surface area contributed by atoms with Crippen LogP contribution in [0, 0.1) is 17.1 Å². The number of likely N-dealkylation sites (N-methyl/N-ethyl adjacent to an activating group) is 1. The molecule has 0 spiro atoms. The summed E-state index contributed by atoms with van der Waals surface area (Å²) in [4.78, 5) is 0.0324. The number of para-hydroxylation sites is 1. The Morgan fingerprint density at radius 3 is 2.65 bits per heavy atom. The van der Waals surface area contributed by atoms with E-state index in [4.69, 9.17) is 10.00 Å². The Kier molecular flexibility index (Phi) is 5.32. The van der Waals surface area contributed by atoms with Crippen LogP contribution in [0.3, 0.4) is 0 Å². The number of halogens is 1. The van der Waals surface area contributed by atoms with Gasteiger partial charge in [-0.15, -0.1) is 0 Å². The van der Waals surface area contributed by atoms with E-state index in [1.165, 1.54) is 43.4 Å². The van der Waals surface area contributed by atoms with E-state index >= 15 is 0 Å². The van der Waals surface area contributed by atoms with Crippen LogP contribution in [-0.2, 0) is 10.0 Å². The Morgan fingerprint density at radius 1 is 1.22 bits per heavy atom. The molecule has 0 aromatic heterocycles. The van der Waals surface area contributed by atoms with Crippen molar-refractivity contribution in [2.24, 2.45) is 0 Å². The molecule has 0 bridgehead atoms. The van der Waals surface area contributed by atoms with E-state index in [1.807, 2.05) is 6.07 Å². The van der Waals surface area contributed by atoms with Crippen LogP contribution in [0.2, 0.25) is 0 Å². The van der Waals surface area contributed by atoms with Crippen molar-refractivity contribution in [2.75, 3.05) is 20.2 Å². The van der Waals surface area contributed by atoms with Crippen LogP contribution in [0.5, 0.6) is 5.75 Å². The molecule has 0 aliphatic carbocycles. The van der Waals surface area contributed by atoms with E-state index in [0.29, 0.717) is 0 Å². The normalized spacial score (nSPS) is 11.2. The van der Waals surface area contributed by atoms with E-state index in [1.54, 1.807) is 12.1 Å². The molecule has 0 N–H and O–H groups in total. The monoisotopic (exact) mass is 334 g/mol. The number of hydrogen-bond donors (Lipinski definition) is 0. The van der Waals surface area contributed by atoms with E-state index in [2.05, 4.69) is 0 Å². The summed E-state index contributed by atoms with van der Waals surface area (Å²) < 4.78 is 44.6. The number of ether oxygens (including phenoxy) is 1. The largest absolute Gasteiger partial charge is 0.489 e. The predicted molar refractivity (Wildman–Crippen MR) is 82.9 cm³/mol. The van der Waals surface area contributed by atoms with Crippen LogP contribution in [0.25, 0.3) is 0 Å². The first kappa shape index (κ1) is 16.9. The Morgan fingerprint density at radius 2 is 1.96 bits per heavy atom. The van der Waals surface area contributed by atoms with Gasteiger partial charge in [-0.25, -0.2) is 12.8 Å². The van der Waals surface area contributed by atoms with Crippen LogP contribution in [0.15, 0.2) is 53.4 Å². The average molecular weight is 334 g/mol. The third kappa shape index (κ3) is 4.06. The van der Waals surface area contributed by atoms with Gasteiger partial charge in [0.05, 0.1) is 16.5 Å². The lowest BCUT2D eigenvalue weighted by Gasteiger charge is -2.17. The van der Waals surface area contributed by atoms with Crippen LogP contribution in [0.4, 0.5) is 4.39 Å². The SMILES string of the molecule is CN(CCOc1ccccc1F)S(=O)(=O)c1cccc(C#N)c1. The number of nitriles is 1. The third-order valence-electron chi connectivity index (χ3n) is 3.17. The molecule has 0 amide bonds. The molecule has 2 aromatic rings. The van der Waals surface area contributed by atoms with Gasteiger partial charge in [0.2, 0.25) is 10.0 Å². The fraction of sp³-hybridized carbons (Fsp3) is 0.188. The second kappa shape index (κ2) is 7.22. The van der Waals surface area contributed by atoms with E-state index < -0.39 is 15.8 Å². The molecule has 0 aliphatic rings. The topological polar surface area (TPSA) is 70.4 Å². The highest BCUT2D eigenvalue weighted by Crippen LogP contribution is 2.17. The fourth-order valence-electron chi connectivity index (χ4n) is 1.87. The zero-order valence-corrected chi connectivity index (χ0v) is 13.3. The summed E-state index contributed by atoms with van der Waals surface area (Å²) in [5.41, 5.74) is 0.266. The molecule has 0 fully saturated rings. The molecule has 0 atom stereocenters. The molecular weight excluding hydrogens is 319 g/mol. The molecule has 2 aromatic carbocycles. The third-order valence-corrected chi connectivity index (χ3v) is 5.02. The summed E-state index contributed by atoms with van der Waals surface area (Å²) in [5, 5.41) is 8.85. The van der Waals surface area contributed by atoms with Gasteiger partial charge in [-0.1, -0.05) is 18.2 Å². The first-order valence-electron chi connectivity index (χ1n) is 6.79. The number of rotatable bonds is 6. The van der Waals surface area contributed by atoms with Crippen molar-refractivity contribution in [1.82, 2.24) is 4.31 Å². The maximum absolute atomic E-state index is 13.4. The molecule has 23 heavy (non-hydrogen) atoms. The summed E-state index contributed by atoms with van der Waals surface area (Å²) in [7, 11) is -2.33. The van der Waals surface area contributed by atoms with Gasteiger partial charge in [0.15, 0.2) is 11.6 Å². The smallest absolute Gasteiger partial charge is 0.242 e. The second-order valence-corrected chi connectivity index (χ2v) is 6.79. The van der Waals surface area contributed by atoms with Crippen LogP contribution < -0.4 is 4.74 Å². The minimum Gasteiger partial charge on any atom is -0.489 e. The van der Waals surface area contributed by atoms with Crippen molar-refractivity contribution in [1.29, 1.82) is 5.26 Å². The number of benzene rings is 2. The molecule has 120 valence electrons. The summed E-state index contributed by atoms with van der Waals surface area (Å²) in [6, 6.07) is 13.6. The number of hydrogen-bond acceptors (Lipinski definition) is 4. The molecule has 0 radical (unpaired) electrons. The van der Waals surface area contributed by atoms with Crippen molar-refractivity contribution in [3.63, 3.8) is 0 Å². The fourth-order valence-corrected chi connectivity index (χ4v) is 3.07. The van der Waals surface area contributed by atoms with Gasteiger partial charge in [-0.3, -0.25) is 0 Å². The van der Waals surface area contributed by atoms with Gasteiger partial charge in [0, 0.05) is 13.6 Å². The van der Waals surface area contributed by atoms with E-state index in [9.17, 15) is 12.8 Å². The summed E-state index contributed by atoms with van der Waals surface area (Å²) in [6.45, 7) is 0.0576.